The van der Waals surface area contributed by atoms with Gasteiger partial charge in [0.2, 0.25) is 5.78 Å². The third kappa shape index (κ3) is 3.52. The first-order chi connectivity index (χ1) is 17.6. The largest absolute Gasteiger partial charge is 0.511 e. The number of carbonyl (C=O) groups is 3. The number of Topliss-reactive ketones (excluding diaryl/α,β-unsaturated/α-hetero) is 2. The molecule has 0 aliphatic heterocycles. The summed E-state index contributed by atoms with van der Waals surface area (Å²) < 4.78 is 0. The predicted molar refractivity (Wildman–Crippen MR) is 133 cm³/mol. The minimum Gasteiger partial charge on any atom is -0.511 e. The van der Waals surface area contributed by atoms with Crippen molar-refractivity contribution in [1.29, 1.82) is 0 Å². The Morgan fingerprint density at radius 1 is 1.11 bits per heavy atom. The van der Waals surface area contributed by atoms with Gasteiger partial charge in [0, 0.05) is 25.0 Å². The van der Waals surface area contributed by atoms with Crippen molar-refractivity contribution in [3.63, 3.8) is 0 Å². The summed E-state index contributed by atoms with van der Waals surface area (Å²) in [5.41, 5.74) is 4.44. The van der Waals surface area contributed by atoms with Crippen molar-refractivity contribution in [2.45, 2.75) is 24.9 Å². The number of primary amides is 1. The molecular weight excluding hydrogens is 478 g/mol. The van der Waals surface area contributed by atoms with Gasteiger partial charge in [-0.1, -0.05) is 18.2 Å². The van der Waals surface area contributed by atoms with Gasteiger partial charge in [-0.05, 0) is 53.6 Å². The molecule has 10 nitrogen and oxygen atoms in total. The highest BCUT2D eigenvalue weighted by Crippen LogP contribution is 2.52. The first kappa shape index (κ1) is 24.3. The normalized spacial score (nSPS) is 25.1. The quantitative estimate of drug-likeness (QED) is 0.208. The van der Waals surface area contributed by atoms with Crippen LogP contribution in [0.1, 0.15) is 28.8 Å². The number of nitrogens with two attached hydrogens (primary N) is 1. The number of phenols is 1. The Bertz CT molecular complexity index is 1460. The van der Waals surface area contributed by atoms with Crippen molar-refractivity contribution in [3.05, 3.63) is 70.2 Å². The minimum atomic E-state index is -2.58. The van der Waals surface area contributed by atoms with Crippen molar-refractivity contribution in [3.8, 4) is 16.9 Å². The lowest BCUT2D eigenvalue weighted by Crippen LogP contribution is -2.57. The molecule has 190 valence electrons. The van der Waals surface area contributed by atoms with Crippen LogP contribution in [0.4, 0.5) is 5.69 Å². The smallest absolute Gasteiger partial charge is 0.255 e. The molecule has 0 unspecified atom stereocenters. The Morgan fingerprint density at radius 2 is 1.81 bits per heavy atom. The molecule has 37 heavy (non-hydrogen) atoms. The number of fused-ring (bicyclic) bond motifs is 3. The number of aliphatic hydroxyl groups is 3. The Hall–Kier alpha value is -4.44. The molecule has 5 rings (SSSR count). The lowest BCUT2D eigenvalue weighted by atomic mass is 9.60. The highest BCUT2D eigenvalue weighted by molar-refractivity contribution is 6.24. The zero-order valence-electron chi connectivity index (χ0n) is 19.9. The molecule has 7 N–H and O–H groups in total. The van der Waals surface area contributed by atoms with Gasteiger partial charge in [-0.2, -0.15) is 0 Å². The van der Waals surface area contributed by atoms with E-state index in [1.807, 2.05) is 24.3 Å². The van der Waals surface area contributed by atoms with E-state index in [-0.39, 0.29) is 36.1 Å². The number of allylic oxidation sites excluding steroid dienone is 2. The number of carbonyl (C=O) groups excluding carboxylic acids is 3. The second kappa shape index (κ2) is 8.59. The van der Waals surface area contributed by atoms with E-state index in [9.17, 15) is 34.8 Å². The molecule has 3 atom stereocenters. The summed E-state index contributed by atoms with van der Waals surface area (Å²) >= 11 is 0. The second-order valence-electron chi connectivity index (χ2n) is 9.49. The maximum atomic E-state index is 13.7. The van der Waals surface area contributed by atoms with Gasteiger partial charge in [0.05, 0.1) is 17.6 Å². The van der Waals surface area contributed by atoms with E-state index in [1.54, 1.807) is 19.5 Å². The van der Waals surface area contributed by atoms with Crippen molar-refractivity contribution in [2.75, 3.05) is 7.05 Å². The molecule has 1 amide bonds. The summed E-state index contributed by atoms with van der Waals surface area (Å²) in [7, 11) is 1.74. The summed E-state index contributed by atoms with van der Waals surface area (Å²) in [6.07, 6.45) is 1.60. The number of benzene rings is 2. The van der Waals surface area contributed by atoms with Crippen LogP contribution in [-0.2, 0) is 16.0 Å². The van der Waals surface area contributed by atoms with Crippen LogP contribution >= 0.6 is 0 Å². The van der Waals surface area contributed by atoms with Crippen LogP contribution in [0, 0.1) is 11.8 Å². The fraction of sp³-hybridized carbons (Fsp3) is 0.259. The average molecular weight is 504 g/mol. The third-order valence-electron chi connectivity index (χ3n) is 7.47. The Balaban J connectivity index is 1.62. The molecule has 0 spiro atoms. The summed E-state index contributed by atoms with van der Waals surface area (Å²) in [6, 6.07) is 10.4. The second-order valence-corrected chi connectivity index (χ2v) is 9.49. The van der Waals surface area contributed by atoms with Crippen molar-refractivity contribution in [1.82, 2.24) is 5.32 Å². The van der Waals surface area contributed by atoms with Crippen LogP contribution in [-0.4, -0.2) is 56.9 Å². The molecule has 0 heterocycles. The van der Waals surface area contributed by atoms with Crippen LogP contribution in [0.2, 0.25) is 0 Å². The molecule has 0 radical (unpaired) electrons. The predicted octanol–water partition coefficient (Wildman–Crippen LogP) is 2.13. The molecule has 2 aromatic carbocycles. The lowest BCUT2D eigenvalue weighted by Gasteiger charge is -2.45. The van der Waals surface area contributed by atoms with Gasteiger partial charge in [0.1, 0.15) is 22.8 Å². The molecule has 3 aliphatic carbocycles. The Morgan fingerprint density at radius 3 is 2.46 bits per heavy atom. The zero-order chi connectivity index (χ0) is 26.6. The molecule has 0 saturated carbocycles. The standard InChI is InChI=1S/C27H25N3O7/c1-29-11-30-15-4-2-12(3-5-15)16-6-7-18(31)21-17(16)9-13-8-14-10-19(32)22(26(28)36)25(35)27(14,37)24(34)20(13)23(21)33/h2-7,11,13-14,31-32,34,37H,8-10H2,1H3,(H2,28,36)(H,29,30)/t13-,14+,27+/m1/s1. The fourth-order valence-electron chi connectivity index (χ4n) is 5.76. The van der Waals surface area contributed by atoms with E-state index in [0.717, 1.165) is 5.56 Å². The number of nitrogens with zero attached hydrogens (tertiary/aromatic N) is 1. The first-order valence-corrected chi connectivity index (χ1v) is 11.7. The number of rotatable bonds is 4. The van der Waals surface area contributed by atoms with Gasteiger partial charge in [0.15, 0.2) is 11.4 Å². The SMILES string of the molecule is CN/C=N\c1ccc(-c2ccc(O)c3c2C[C@H]2C[C@H]4CC(O)=C(C(N)=O)C(=O)[C@@]4(O)C(O)=C2C3=O)cc1. The highest BCUT2D eigenvalue weighted by Gasteiger charge is 2.59. The van der Waals surface area contributed by atoms with Gasteiger partial charge in [-0.25, -0.2) is 4.99 Å². The summed E-state index contributed by atoms with van der Waals surface area (Å²) in [5.74, 6) is -6.47. The number of phenolic OH excluding ortho intramolecular Hbond substituents is 1. The third-order valence-corrected chi connectivity index (χ3v) is 7.47. The van der Waals surface area contributed by atoms with Gasteiger partial charge >= 0.3 is 0 Å². The number of hydrogen-bond donors (Lipinski definition) is 6. The van der Waals surface area contributed by atoms with E-state index < -0.39 is 52.0 Å². The molecule has 10 heteroatoms. The minimum absolute atomic E-state index is 0.0218. The Labute approximate surface area is 211 Å². The van der Waals surface area contributed by atoms with Crippen LogP contribution in [0.5, 0.6) is 5.75 Å². The maximum Gasteiger partial charge on any atom is 0.255 e. The topological polar surface area (TPSA) is 183 Å². The van der Waals surface area contributed by atoms with Gasteiger partial charge < -0.3 is 31.5 Å². The number of aliphatic imine (C=N–C) groups is 1. The van der Waals surface area contributed by atoms with E-state index >= 15 is 0 Å². The average Bonchev–Trinajstić information content (AvgIpc) is 2.85. The van der Waals surface area contributed by atoms with E-state index in [0.29, 0.717) is 16.8 Å². The van der Waals surface area contributed by atoms with Crippen LogP contribution in [0.3, 0.4) is 0 Å². The van der Waals surface area contributed by atoms with Crippen molar-refractivity contribution >= 4 is 29.5 Å². The monoisotopic (exact) mass is 503 g/mol. The Kier molecular flexibility index (Phi) is 5.64. The van der Waals surface area contributed by atoms with Gasteiger partial charge in [-0.3, -0.25) is 14.4 Å². The van der Waals surface area contributed by atoms with Gasteiger partial charge in [0.25, 0.3) is 5.91 Å². The highest BCUT2D eigenvalue weighted by atomic mass is 16.3. The maximum absolute atomic E-state index is 13.7. The van der Waals surface area contributed by atoms with Crippen LogP contribution in [0.15, 0.2) is 64.1 Å². The fourth-order valence-corrected chi connectivity index (χ4v) is 5.76. The first-order valence-electron chi connectivity index (χ1n) is 11.7. The molecule has 0 aromatic heterocycles. The van der Waals surface area contributed by atoms with Crippen LogP contribution in [0.25, 0.3) is 11.1 Å². The molecule has 0 fully saturated rings. The number of hydrogen-bond acceptors (Lipinski definition) is 8. The molecule has 3 aliphatic rings. The lowest BCUT2D eigenvalue weighted by molar-refractivity contribution is -0.144. The van der Waals surface area contributed by atoms with Crippen molar-refractivity contribution < 1.29 is 34.8 Å². The number of amides is 1. The van der Waals surface area contributed by atoms with Crippen LogP contribution < -0.4 is 11.1 Å². The summed E-state index contributed by atoms with van der Waals surface area (Å²) in [6.45, 7) is 0. The molecule has 0 saturated heterocycles. The molecular formula is C27H25N3O7. The van der Waals surface area contributed by atoms with E-state index in [1.165, 1.54) is 6.07 Å². The molecule has 2 aromatic rings. The summed E-state index contributed by atoms with van der Waals surface area (Å²) in [4.78, 5) is 42.7. The molecule has 0 bridgehead atoms. The number of aromatic hydroxyl groups is 1. The van der Waals surface area contributed by atoms with E-state index in [4.69, 9.17) is 5.73 Å². The number of aliphatic hydroxyl groups excluding tert-OH is 2. The summed E-state index contributed by atoms with van der Waals surface area (Å²) in [5, 5.41) is 46.2. The number of nitrogens with one attached hydrogen (secondary N) is 1. The zero-order valence-corrected chi connectivity index (χ0v) is 19.9. The number of ketones is 2. The van der Waals surface area contributed by atoms with Crippen molar-refractivity contribution in [2.24, 2.45) is 22.6 Å². The van der Waals surface area contributed by atoms with Gasteiger partial charge in [-0.15, -0.1) is 0 Å². The van der Waals surface area contributed by atoms with E-state index in [2.05, 4.69) is 10.3 Å².